The van der Waals surface area contributed by atoms with Gasteiger partial charge in [0.15, 0.2) is 12.4 Å². The molecule has 0 aliphatic carbocycles. The van der Waals surface area contributed by atoms with E-state index >= 15 is 0 Å². The number of aromatic nitrogens is 2. The molecule has 9 nitrogen and oxygen atoms in total. The van der Waals surface area contributed by atoms with E-state index in [1.807, 2.05) is 0 Å². The van der Waals surface area contributed by atoms with Gasteiger partial charge in [0, 0.05) is 12.5 Å². The number of furan rings is 1. The van der Waals surface area contributed by atoms with E-state index in [9.17, 15) is 28.1 Å². The molecule has 0 spiro atoms. The highest BCUT2D eigenvalue weighted by Gasteiger charge is 2.34. The molecule has 0 aliphatic rings. The van der Waals surface area contributed by atoms with Crippen molar-refractivity contribution in [3.63, 3.8) is 0 Å². The lowest BCUT2D eigenvalue weighted by atomic mass is 10.1. The molecule has 3 aromatic rings. The number of halogens is 3. The Morgan fingerprint density at radius 2 is 2.07 bits per heavy atom. The number of rotatable bonds is 6. The quantitative estimate of drug-likeness (QED) is 0.371. The number of carbonyl (C=O) groups excluding carboxylic acids is 1. The average Bonchev–Trinajstić information content (AvgIpc) is 3.28. The average molecular weight is 421 g/mol. The first-order chi connectivity index (χ1) is 14.2. The van der Waals surface area contributed by atoms with Crippen LogP contribution in [0, 0.1) is 17.0 Å². The Morgan fingerprint density at radius 3 is 2.77 bits per heavy atom. The first kappa shape index (κ1) is 20.8. The molecule has 2 heterocycles. The van der Waals surface area contributed by atoms with Crippen LogP contribution in [0.2, 0.25) is 0 Å². The van der Waals surface area contributed by atoms with Gasteiger partial charge in [-0.05, 0) is 23.1 Å². The van der Waals surface area contributed by atoms with Crippen molar-refractivity contribution in [2.75, 3.05) is 0 Å². The van der Waals surface area contributed by atoms with Gasteiger partial charge in [0.2, 0.25) is 0 Å². The Labute approximate surface area is 167 Å². The highest BCUT2D eigenvalue weighted by atomic mass is 19.4. The third-order valence-electron chi connectivity index (χ3n) is 4.03. The van der Waals surface area contributed by atoms with E-state index in [1.165, 1.54) is 37.3 Å². The van der Waals surface area contributed by atoms with Gasteiger partial charge < -0.3 is 14.5 Å². The summed E-state index contributed by atoms with van der Waals surface area (Å²) in [5.74, 6) is -0.637. The molecule has 12 heteroatoms. The molecule has 0 bridgehead atoms. The minimum atomic E-state index is -4.54. The minimum absolute atomic E-state index is 0.0135. The second-order valence-corrected chi connectivity index (χ2v) is 6.05. The van der Waals surface area contributed by atoms with Gasteiger partial charge in [0.05, 0.1) is 11.8 Å². The summed E-state index contributed by atoms with van der Waals surface area (Å²) in [5.41, 5.74) is 1.20. The van der Waals surface area contributed by atoms with Crippen LogP contribution in [0.4, 0.5) is 19.0 Å². The number of amides is 1. The summed E-state index contributed by atoms with van der Waals surface area (Å²) in [6, 6.07) is 7.71. The molecule has 30 heavy (non-hydrogen) atoms. The molecule has 0 fully saturated rings. The molecule has 0 atom stereocenters. The van der Waals surface area contributed by atoms with Crippen LogP contribution in [0.3, 0.4) is 0 Å². The predicted octanol–water partition coefficient (Wildman–Crippen LogP) is 3.53. The lowest BCUT2D eigenvalue weighted by Gasteiger charge is -2.10. The lowest BCUT2D eigenvalue weighted by molar-refractivity contribution is -0.392. The van der Waals surface area contributed by atoms with Gasteiger partial charge in [0.25, 0.3) is 5.91 Å². The Balaban J connectivity index is 1.68. The van der Waals surface area contributed by atoms with Crippen molar-refractivity contribution < 1.29 is 27.3 Å². The van der Waals surface area contributed by atoms with Crippen molar-refractivity contribution in [2.24, 2.45) is 5.10 Å². The number of imidazole rings is 1. The molecule has 0 aliphatic heterocycles. The van der Waals surface area contributed by atoms with Crippen LogP contribution in [0.25, 0.3) is 11.3 Å². The minimum Gasteiger partial charge on any atom is -0.455 e. The standard InChI is InChI=1S/C18H14F3N5O4/c1-11-22-9-17(26(28)29)25(11)10-16(27)24-23-8-12-6-7-15(30-12)13-4-2-3-5-14(13)18(19,20)21/h2-9H,10H2,1H3,(H,24,27)/b23-8-. The molecule has 1 N–H and O–H groups in total. The molecular weight excluding hydrogens is 407 g/mol. The van der Waals surface area contributed by atoms with E-state index in [0.29, 0.717) is 0 Å². The summed E-state index contributed by atoms with van der Waals surface area (Å²) >= 11 is 0. The summed E-state index contributed by atoms with van der Waals surface area (Å²) in [4.78, 5) is 26.0. The number of nitrogens with zero attached hydrogens (tertiary/aromatic N) is 4. The smallest absolute Gasteiger partial charge is 0.417 e. The van der Waals surface area contributed by atoms with Crippen molar-refractivity contribution in [3.05, 3.63) is 69.9 Å². The topological polar surface area (TPSA) is 116 Å². The van der Waals surface area contributed by atoms with Gasteiger partial charge in [-0.2, -0.15) is 18.3 Å². The van der Waals surface area contributed by atoms with Gasteiger partial charge in [-0.3, -0.25) is 4.79 Å². The van der Waals surface area contributed by atoms with Gasteiger partial charge in [-0.15, -0.1) is 0 Å². The normalized spacial score (nSPS) is 11.7. The highest BCUT2D eigenvalue weighted by Crippen LogP contribution is 2.37. The van der Waals surface area contributed by atoms with Crippen molar-refractivity contribution in [1.82, 2.24) is 15.0 Å². The Morgan fingerprint density at radius 1 is 1.33 bits per heavy atom. The summed E-state index contributed by atoms with van der Waals surface area (Å²) in [5, 5.41) is 14.6. The fourth-order valence-corrected chi connectivity index (χ4v) is 2.66. The van der Waals surface area contributed by atoms with Crippen molar-refractivity contribution in [1.29, 1.82) is 0 Å². The van der Waals surface area contributed by atoms with Gasteiger partial charge in [0.1, 0.15) is 17.7 Å². The number of benzene rings is 1. The second kappa shape index (κ2) is 8.19. The van der Waals surface area contributed by atoms with Crippen LogP contribution in [0.15, 0.2) is 52.1 Å². The molecular formula is C18H14F3N5O4. The third-order valence-corrected chi connectivity index (χ3v) is 4.03. The number of hydrazone groups is 1. The summed E-state index contributed by atoms with van der Waals surface area (Å²) < 4.78 is 45.9. The highest BCUT2D eigenvalue weighted by molar-refractivity contribution is 5.81. The van der Waals surface area contributed by atoms with Crippen LogP contribution >= 0.6 is 0 Å². The van der Waals surface area contributed by atoms with Gasteiger partial charge in [-0.25, -0.2) is 15.0 Å². The number of alkyl halides is 3. The van der Waals surface area contributed by atoms with E-state index in [4.69, 9.17) is 4.42 Å². The molecule has 2 aromatic heterocycles. The van der Waals surface area contributed by atoms with E-state index in [2.05, 4.69) is 15.5 Å². The molecule has 0 saturated carbocycles. The zero-order valence-electron chi connectivity index (χ0n) is 15.4. The third kappa shape index (κ3) is 4.54. The summed E-state index contributed by atoms with van der Waals surface area (Å²) in [7, 11) is 0. The first-order valence-electron chi connectivity index (χ1n) is 8.41. The summed E-state index contributed by atoms with van der Waals surface area (Å²) in [6.07, 6.45) is -2.40. The van der Waals surface area contributed by atoms with Crippen LogP contribution in [0.5, 0.6) is 0 Å². The lowest BCUT2D eigenvalue weighted by Crippen LogP contribution is -2.24. The van der Waals surface area contributed by atoms with Crippen LogP contribution in [-0.2, 0) is 17.5 Å². The van der Waals surface area contributed by atoms with E-state index in [0.717, 1.165) is 23.0 Å². The van der Waals surface area contributed by atoms with E-state index in [1.54, 1.807) is 0 Å². The Hall–Kier alpha value is -3.96. The molecule has 0 radical (unpaired) electrons. The van der Waals surface area contributed by atoms with Crippen molar-refractivity contribution in [3.8, 4) is 11.3 Å². The molecule has 156 valence electrons. The van der Waals surface area contributed by atoms with Crippen molar-refractivity contribution in [2.45, 2.75) is 19.6 Å². The van der Waals surface area contributed by atoms with Crippen molar-refractivity contribution >= 4 is 17.9 Å². The Bertz CT molecular complexity index is 1120. The second-order valence-electron chi connectivity index (χ2n) is 6.05. The number of nitrogens with one attached hydrogen (secondary N) is 1. The summed E-state index contributed by atoms with van der Waals surface area (Å²) in [6.45, 7) is 1.12. The first-order valence-corrected chi connectivity index (χ1v) is 8.41. The Kier molecular flexibility index (Phi) is 5.67. The number of hydrogen-bond donors (Lipinski definition) is 1. The number of nitro groups is 1. The zero-order chi connectivity index (χ0) is 21.9. The van der Waals surface area contributed by atoms with Crippen LogP contribution < -0.4 is 5.43 Å². The monoisotopic (exact) mass is 421 g/mol. The fourth-order valence-electron chi connectivity index (χ4n) is 2.66. The molecule has 0 unspecified atom stereocenters. The maximum Gasteiger partial charge on any atom is 0.417 e. The number of hydrogen-bond acceptors (Lipinski definition) is 6. The fraction of sp³-hybridized carbons (Fsp3) is 0.167. The molecule has 3 rings (SSSR count). The van der Waals surface area contributed by atoms with Gasteiger partial charge >= 0.3 is 12.0 Å². The largest absolute Gasteiger partial charge is 0.455 e. The van der Waals surface area contributed by atoms with E-state index < -0.39 is 22.6 Å². The predicted molar refractivity (Wildman–Crippen MR) is 98.5 cm³/mol. The molecule has 1 amide bonds. The maximum absolute atomic E-state index is 13.1. The van der Waals surface area contributed by atoms with Crippen LogP contribution in [0.1, 0.15) is 17.1 Å². The SMILES string of the molecule is Cc1ncc([N+](=O)[O-])n1CC(=O)N/N=C\c1ccc(-c2ccccc2C(F)(F)F)o1. The number of aryl methyl sites for hydroxylation is 1. The maximum atomic E-state index is 13.1. The van der Waals surface area contributed by atoms with Gasteiger partial charge in [-0.1, -0.05) is 18.2 Å². The number of carbonyl (C=O) groups is 1. The zero-order valence-corrected chi connectivity index (χ0v) is 15.4. The van der Waals surface area contributed by atoms with Crippen LogP contribution in [-0.4, -0.2) is 26.6 Å². The van der Waals surface area contributed by atoms with E-state index in [-0.39, 0.29) is 35.3 Å². The molecule has 0 saturated heterocycles. The molecule has 1 aromatic carbocycles.